The number of unbranched alkanes of at least 4 members (excludes halogenated alkanes) is 1. The van der Waals surface area contributed by atoms with E-state index >= 15 is 0 Å². The first-order valence-electron chi connectivity index (χ1n) is 5.19. The van der Waals surface area contributed by atoms with Gasteiger partial charge >= 0.3 is 0 Å². The third-order valence-electron chi connectivity index (χ3n) is 2.14. The lowest BCUT2D eigenvalue weighted by atomic mass is 10.1. The van der Waals surface area contributed by atoms with Gasteiger partial charge in [-0.15, -0.1) is 0 Å². The highest BCUT2D eigenvalue weighted by atomic mass is 16.5. The summed E-state index contributed by atoms with van der Waals surface area (Å²) >= 11 is 0. The fraction of sp³-hybridized carbons (Fsp3) is 0.385. The quantitative estimate of drug-likeness (QED) is 0.734. The van der Waals surface area contributed by atoms with Crippen LogP contribution in [0.3, 0.4) is 0 Å². The van der Waals surface area contributed by atoms with Crippen molar-refractivity contribution in [1.82, 2.24) is 0 Å². The van der Waals surface area contributed by atoms with Crippen LogP contribution in [0, 0.1) is 0 Å². The van der Waals surface area contributed by atoms with Crippen molar-refractivity contribution in [1.29, 1.82) is 0 Å². The van der Waals surface area contributed by atoms with E-state index < -0.39 is 0 Å². The molecular weight excluding hydrogens is 188 g/mol. The van der Waals surface area contributed by atoms with Crippen molar-refractivity contribution in [2.75, 3.05) is 14.2 Å². The Morgan fingerprint density at radius 2 is 1.67 bits per heavy atom. The molecular formula is C13H18O2. The second-order valence-corrected chi connectivity index (χ2v) is 3.34. The van der Waals surface area contributed by atoms with Gasteiger partial charge in [-0.1, -0.05) is 25.5 Å². The Bertz CT molecular complexity index is 307. The van der Waals surface area contributed by atoms with E-state index in [0.717, 1.165) is 29.9 Å². The first kappa shape index (κ1) is 11.6. The minimum atomic E-state index is 0.825. The molecule has 0 N–H and O–H groups in total. The van der Waals surface area contributed by atoms with Crippen molar-refractivity contribution < 1.29 is 9.47 Å². The Morgan fingerprint density at radius 3 is 2.13 bits per heavy atom. The molecule has 1 rings (SSSR count). The topological polar surface area (TPSA) is 18.5 Å². The molecule has 0 spiro atoms. The van der Waals surface area contributed by atoms with Crippen LogP contribution in [0.25, 0.3) is 6.08 Å². The van der Waals surface area contributed by atoms with Gasteiger partial charge in [0.15, 0.2) is 0 Å². The second kappa shape index (κ2) is 6.12. The standard InChI is InChI=1S/C13H18O2/c1-4-5-6-7-11-8-12(14-2)10-13(9-11)15-3/h6-10H,4-5H2,1-3H3. The molecule has 0 unspecified atom stereocenters. The molecule has 2 heteroatoms. The zero-order valence-corrected chi connectivity index (χ0v) is 9.62. The molecule has 0 amide bonds. The highest BCUT2D eigenvalue weighted by Gasteiger charge is 1.98. The van der Waals surface area contributed by atoms with Crippen LogP contribution in [-0.2, 0) is 0 Å². The predicted molar refractivity (Wildman–Crippen MR) is 63.5 cm³/mol. The lowest BCUT2D eigenvalue weighted by Crippen LogP contribution is -1.88. The summed E-state index contributed by atoms with van der Waals surface area (Å²) in [6.07, 6.45) is 6.51. The number of hydrogen-bond acceptors (Lipinski definition) is 2. The number of hydrogen-bond donors (Lipinski definition) is 0. The highest BCUT2D eigenvalue weighted by molar-refractivity contribution is 5.55. The zero-order chi connectivity index (χ0) is 11.1. The maximum absolute atomic E-state index is 5.19. The molecule has 1 aromatic carbocycles. The predicted octanol–water partition coefficient (Wildman–Crippen LogP) is 3.52. The highest BCUT2D eigenvalue weighted by Crippen LogP contribution is 2.23. The largest absolute Gasteiger partial charge is 0.497 e. The van der Waals surface area contributed by atoms with E-state index in [4.69, 9.17) is 9.47 Å². The third kappa shape index (κ3) is 3.66. The van der Waals surface area contributed by atoms with Crippen LogP contribution in [0.1, 0.15) is 25.3 Å². The summed E-state index contributed by atoms with van der Waals surface area (Å²) < 4.78 is 10.4. The maximum Gasteiger partial charge on any atom is 0.123 e. The average molecular weight is 206 g/mol. The van der Waals surface area contributed by atoms with Gasteiger partial charge < -0.3 is 9.47 Å². The summed E-state index contributed by atoms with van der Waals surface area (Å²) in [5.74, 6) is 1.65. The zero-order valence-electron chi connectivity index (χ0n) is 9.62. The molecule has 0 aromatic heterocycles. The van der Waals surface area contributed by atoms with Crippen molar-refractivity contribution in [3.05, 3.63) is 29.8 Å². The summed E-state index contributed by atoms with van der Waals surface area (Å²) in [6.45, 7) is 2.16. The van der Waals surface area contributed by atoms with E-state index in [1.165, 1.54) is 0 Å². The molecule has 0 saturated heterocycles. The number of methoxy groups -OCH3 is 2. The van der Waals surface area contributed by atoms with Crippen LogP contribution in [0.4, 0.5) is 0 Å². The number of allylic oxidation sites excluding steroid dienone is 1. The minimum Gasteiger partial charge on any atom is -0.497 e. The van der Waals surface area contributed by atoms with Gasteiger partial charge in [0.1, 0.15) is 11.5 Å². The fourth-order valence-corrected chi connectivity index (χ4v) is 1.31. The van der Waals surface area contributed by atoms with Gasteiger partial charge in [0.2, 0.25) is 0 Å². The Labute approximate surface area is 91.5 Å². The van der Waals surface area contributed by atoms with Gasteiger partial charge in [0.25, 0.3) is 0 Å². The molecule has 82 valence electrons. The maximum atomic E-state index is 5.19. The molecule has 0 aliphatic carbocycles. The summed E-state index contributed by atoms with van der Waals surface area (Å²) in [5, 5.41) is 0. The molecule has 0 atom stereocenters. The first-order chi connectivity index (χ1) is 7.30. The van der Waals surface area contributed by atoms with Crippen LogP contribution >= 0.6 is 0 Å². The van der Waals surface area contributed by atoms with Gasteiger partial charge in [-0.05, 0) is 24.1 Å². The molecule has 0 saturated carbocycles. The first-order valence-corrected chi connectivity index (χ1v) is 5.19. The van der Waals surface area contributed by atoms with E-state index in [1.807, 2.05) is 18.2 Å². The molecule has 0 radical (unpaired) electrons. The summed E-state index contributed by atoms with van der Waals surface area (Å²) in [6, 6.07) is 5.86. The van der Waals surface area contributed by atoms with Crippen LogP contribution < -0.4 is 9.47 Å². The third-order valence-corrected chi connectivity index (χ3v) is 2.14. The monoisotopic (exact) mass is 206 g/mol. The molecule has 1 aromatic rings. The van der Waals surface area contributed by atoms with E-state index in [-0.39, 0.29) is 0 Å². The molecule has 0 aliphatic rings. The minimum absolute atomic E-state index is 0.825. The van der Waals surface area contributed by atoms with Crippen molar-refractivity contribution in [2.45, 2.75) is 19.8 Å². The van der Waals surface area contributed by atoms with Crippen LogP contribution in [0.15, 0.2) is 24.3 Å². The van der Waals surface area contributed by atoms with Crippen molar-refractivity contribution in [3.63, 3.8) is 0 Å². The number of benzene rings is 1. The van der Waals surface area contributed by atoms with E-state index in [2.05, 4.69) is 19.1 Å². The van der Waals surface area contributed by atoms with E-state index in [0.29, 0.717) is 0 Å². The van der Waals surface area contributed by atoms with Crippen molar-refractivity contribution >= 4 is 6.08 Å². The smallest absolute Gasteiger partial charge is 0.123 e. The van der Waals surface area contributed by atoms with Gasteiger partial charge in [-0.25, -0.2) is 0 Å². The molecule has 15 heavy (non-hydrogen) atoms. The lowest BCUT2D eigenvalue weighted by molar-refractivity contribution is 0.394. The average Bonchev–Trinajstić information content (AvgIpc) is 2.29. The van der Waals surface area contributed by atoms with Gasteiger partial charge in [0.05, 0.1) is 14.2 Å². The van der Waals surface area contributed by atoms with Gasteiger partial charge in [-0.2, -0.15) is 0 Å². The van der Waals surface area contributed by atoms with Gasteiger partial charge in [-0.3, -0.25) is 0 Å². The van der Waals surface area contributed by atoms with E-state index in [1.54, 1.807) is 14.2 Å². The summed E-state index contributed by atoms with van der Waals surface area (Å²) in [4.78, 5) is 0. The van der Waals surface area contributed by atoms with Crippen LogP contribution in [-0.4, -0.2) is 14.2 Å². The van der Waals surface area contributed by atoms with Gasteiger partial charge in [0, 0.05) is 6.07 Å². The Hall–Kier alpha value is -1.44. The summed E-state index contributed by atoms with van der Waals surface area (Å²) in [5.41, 5.74) is 1.11. The normalized spacial score (nSPS) is 10.6. The Morgan fingerprint density at radius 1 is 1.07 bits per heavy atom. The SMILES string of the molecule is CCCC=Cc1cc(OC)cc(OC)c1. The molecule has 0 aliphatic heterocycles. The molecule has 2 nitrogen and oxygen atoms in total. The lowest BCUT2D eigenvalue weighted by Gasteiger charge is -2.05. The fourth-order valence-electron chi connectivity index (χ4n) is 1.31. The molecule has 0 fully saturated rings. The Balaban J connectivity index is 2.86. The Kier molecular flexibility index (Phi) is 4.75. The van der Waals surface area contributed by atoms with Crippen LogP contribution in [0.2, 0.25) is 0 Å². The number of rotatable bonds is 5. The van der Waals surface area contributed by atoms with Crippen molar-refractivity contribution in [3.8, 4) is 11.5 Å². The number of ether oxygens (including phenoxy) is 2. The second-order valence-electron chi connectivity index (χ2n) is 3.34. The van der Waals surface area contributed by atoms with Crippen LogP contribution in [0.5, 0.6) is 11.5 Å². The molecule has 0 bridgehead atoms. The molecule has 0 heterocycles. The van der Waals surface area contributed by atoms with E-state index in [9.17, 15) is 0 Å². The summed E-state index contributed by atoms with van der Waals surface area (Å²) in [7, 11) is 3.32. The van der Waals surface area contributed by atoms with Crippen molar-refractivity contribution in [2.24, 2.45) is 0 Å².